The maximum atomic E-state index is 14.3. The molecular weight excluding hydrogens is 713 g/mol. The fourth-order valence-corrected chi connectivity index (χ4v) is 8.44. The molecule has 0 saturated carbocycles. The quantitative estimate of drug-likeness (QED) is 0.114. The Labute approximate surface area is 337 Å². The van der Waals surface area contributed by atoms with Crippen molar-refractivity contribution in [1.82, 2.24) is 20.4 Å². The van der Waals surface area contributed by atoms with Gasteiger partial charge < -0.3 is 35.0 Å². The summed E-state index contributed by atoms with van der Waals surface area (Å²) in [6.07, 6.45) is 1.96. The first-order valence-electron chi connectivity index (χ1n) is 20.8. The second-order valence-corrected chi connectivity index (χ2v) is 16.5. The number of likely N-dealkylation sites (tertiary alicyclic amines) is 1. The zero-order valence-electron chi connectivity index (χ0n) is 36.2. The summed E-state index contributed by atoms with van der Waals surface area (Å²) in [6, 6.07) is 8.47. The van der Waals surface area contributed by atoms with E-state index in [4.69, 9.17) is 9.47 Å². The molecule has 9 atom stereocenters. The van der Waals surface area contributed by atoms with E-state index in [0.29, 0.717) is 32.4 Å². The van der Waals surface area contributed by atoms with Gasteiger partial charge in [0.05, 0.1) is 36.8 Å². The molecule has 2 rings (SSSR count). The molecule has 3 N–H and O–H groups in total. The number of hydrogen-bond donors (Lipinski definition) is 3. The predicted molar refractivity (Wildman–Crippen MR) is 220 cm³/mol. The molecule has 0 spiro atoms. The molecule has 1 aliphatic heterocycles. The molecule has 1 saturated heterocycles. The lowest BCUT2D eigenvalue weighted by Crippen LogP contribution is -2.54. The number of benzene rings is 1. The summed E-state index contributed by atoms with van der Waals surface area (Å²) < 4.78 is 12.0. The van der Waals surface area contributed by atoms with Crippen molar-refractivity contribution in [2.75, 3.05) is 48.0 Å². The fourth-order valence-electron chi connectivity index (χ4n) is 8.44. The zero-order chi connectivity index (χ0) is 42.1. The molecule has 0 unspecified atom stereocenters. The summed E-state index contributed by atoms with van der Waals surface area (Å²) in [5.41, 5.74) is 0.948. The highest BCUT2D eigenvalue weighted by Gasteiger charge is 2.43. The van der Waals surface area contributed by atoms with Gasteiger partial charge in [0.25, 0.3) is 0 Å². The second-order valence-electron chi connectivity index (χ2n) is 16.5. The highest BCUT2D eigenvalue weighted by Crippen LogP contribution is 2.31. The van der Waals surface area contributed by atoms with E-state index in [1.165, 1.54) is 0 Å². The standard InChI is InChI=1S/C44H74N4O8/c1-12-30(6)41(47(9)44(54)34(28(2)3)26-37(51)40(45-8)29(4)5)38(55-10)27-39(52)48-22-16-20-35(48)42(56-11)31(7)36(50)25-33(43(53)46-21-17-23-49)24-32-18-14-13-15-19-32/h13-15,18-19,28-31,33-35,38,40-42,45,49H,12,16-17,20-27H2,1-11H3,(H,46,53)/t30-,31-,33+,34-,35-,38+,40-,41-,42+/m0/s1. The number of carbonyl (C=O) groups excluding carboxylic acids is 5. The Morgan fingerprint density at radius 2 is 1.59 bits per heavy atom. The third-order valence-corrected chi connectivity index (χ3v) is 12.0. The number of rotatable bonds is 26. The molecule has 3 amide bonds. The van der Waals surface area contributed by atoms with Crippen LogP contribution in [0.4, 0.5) is 0 Å². The van der Waals surface area contributed by atoms with E-state index in [9.17, 15) is 29.1 Å². The van der Waals surface area contributed by atoms with Crippen molar-refractivity contribution >= 4 is 29.3 Å². The average molecular weight is 787 g/mol. The lowest BCUT2D eigenvalue weighted by Gasteiger charge is -2.41. The van der Waals surface area contributed by atoms with Gasteiger partial charge in [0.1, 0.15) is 5.78 Å². The minimum absolute atomic E-state index is 0.00523. The molecule has 12 heteroatoms. The lowest BCUT2D eigenvalue weighted by atomic mass is 9.84. The number of aliphatic hydroxyl groups is 1. The number of likely N-dealkylation sites (N-methyl/N-ethyl adjacent to an activating group) is 2. The molecule has 12 nitrogen and oxygen atoms in total. The van der Waals surface area contributed by atoms with E-state index in [2.05, 4.69) is 24.5 Å². The summed E-state index contributed by atoms with van der Waals surface area (Å²) in [4.78, 5) is 72.6. The van der Waals surface area contributed by atoms with Gasteiger partial charge in [-0.15, -0.1) is 0 Å². The van der Waals surface area contributed by atoms with Gasteiger partial charge in [0.15, 0.2) is 5.78 Å². The molecule has 1 aromatic carbocycles. The lowest BCUT2D eigenvalue weighted by molar-refractivity contribution is -0.149. The minimum atomic E-state index is -0.611. The predicted octanol–water partition coefficient (Wildman–Crippen LogP) is 4.70. The first kappa shape index (κ1) is 49.0. The molecule has 1 aliphatic rings. The van der Waals surface area contributed by atoms with E-state index in [1.807, 2.05) is 69.9 Å². The van der Waals surface area contributed by atoms with E-state index in [0.717, 1.165) is 18.4 Å². The number of amides is 3. The van der Waals surface area contributed by atoms with Gasteiger partial charge in [-0.05, 0) is 56.0 Å². The van der Waals surface area contributed by atoms with Crippen molar-refractivity contribution in [3.8, 4) is 0 Å². The van der Waals surface area contributed by atoms with Crippen LogP contribution in [0.15, 0.2) is 30.3 Å². The molecule has 0 bridgehead atoms. The van der Waals surface area contributed by atoms with Gasteiger partial charge in [-0.25, -0.2) is 0 Å². The second kappa shape index (κ2) is 24.6. The number of ketones is 2. The Morgan fingerprint density at radius 1 is 0.929 bits per heavy atom. The van der Waals surface area contributed by atoms with Crippen LogP contribution in [0.1, 0.15) is 99.0 Å². The van der Waals surface area contributed by atoms with E-state index in [1.54, 1.807) is 33.2 Å². The Kier molecular flexibility index (Phi) is 21.5. The normalized spacial score (nSPS) is 18.8. The molecule has 1 aromatic rings. The summed E-state index contributed by atoms with van der Waals surface area (Å²) >= 11 is 0. The van der Waals surface area contributed by atoms with Crippen LogP contribution < -0.4 is 10.6 Å². The van der Waals surface area contributed by atoms with Crippen molar-refractivity contribution in [3.63, 3.8) is 0 Å². The number of carbonyl (C=O) groups is 5. The van der Waals surface area contributed by atoms with Crippen LogP contribution in [0.25, 0.3) is 0 Å². The number of aliphatic hydroxyl groups excluding tert-OH is 1. The van der Waals surface area contributed by atoms with Crippen molar-refractivity contribution in [2.24, 2.45) is 35.5 Å². The van der Waals surface area contributed by atoms with Crippen LogP contribution in [-0.4, -0.2) is 123 Å². The first-order chi connectivity index (χ1) is 26.6. The Bertz CT molecular complexity index is 1370. The van der Waals surface area contributed by atoms with Crippen molar-refractivity contribution in [2.45, 2.75) is 130 Å². The smallest absolute Gasteiger partial charge is 0.226 e. The number of hydrogen-bond acceptors (Lipinski definition) is 9. The van der Waals surface area contributed by atoms with E-state index >= 15 is 0 Å². The minimum Gasteiger partial charge on any atom is -0.396 e. The summed E-state index contributed by atoms with van der Waals surface area (Å²) in [7, 11) is 6.66. The van der Waals surface area contributed by atoms with Crippen LogP contribution in [0.3, 0.4) is 0 Å². The summed E-state index contributed by atoms with van der Waals surface area (Å²) in [6.45, 7) is 14.6. The fraction of sp³-hybridized carbons (Fsp3) is 0.750. The van der Waals surface area contributed by atoms with Crippen LogP contribution >= 0.6 is 0 Å². The van der Waals surface area contributed by atoms with Gasteiger partial charge in [-0.3, -0.25) is 24.0 Å². The number of nitrogens with one attached hydrogen (secondary N) is 2. The third-order valence-electron chi connectivity index (χ3n) is 12.0. The molecule has 1 fully saturated rings. The largest absolute Gasteiger partial charge is 0.396 e. The monoisotopic (exact) mass is 787 g/mol. The Hall–Kier alpha value is -3.19. The van der Waals surface area contributed by atoms with Gasteiger partial charge in [-0.1, -0.05) is 85.2 Å². The first-order valence-corrected chi connectivity index (χ1v) is 20.8. The van der Waals surface area contributed by atoms with Crippen molar-refractivity contribution < 1.29 is 38.6 Å². The average Bonchev–Trinajstić information content (AvgIpc) is 3.66. The summed E-state index contributed by atoms with van der Waals surface area (Å²) in [5.74, 6) is -2.32. The number of Topliss-reactive ketones (excluding diaryl/α,β-unsaturated/α-hetero) is 2. The molecule has 318 valence electrons. The SMILES string of the molecule is CC[C@H](C)[C@@H]([C@@H](CC(=O)N1CCC[C@H]1[C@H](OC)[C@@H](C)C(=O)C[C@@H](Cc1ccccc1)C(=O)NCCCO)OC)N(C)C(=O)[C@@H](CC(=O)[C@@H](NC)C(C)C)C(C)C. The number of methoxy groups -OCH3 is 2. The van der Waals surface area contributed by atoms with Gasteiger partial charge in [0.2, 0.25) is 17.7 Å². The molecule has 1 heterocycles. The third kappa shape index (κ3) is 13.7. The Morgan fingerprint density at radius 3 is 2.12 bits per heavy atom. The highest BCUT2D eigenvalue weighted by molar-refractivity contribution is 5.90. The topological polar surface area (TPSA) is 155 Å². The zero-order valence-corrected chi connectivity index (χ0v) is 36.2. The highest BCUT2D eigenvalue weighted by atomic mass is 16.5. The maximum Gasteiger partial charge on any atom is 0.226 e. The van der Waals surface area contributed by atoms with Gasteiger partial charge in [-0.2, -0.15) is 0 Å². The molecule has 0 radical (unpaired) electrons. The number of nitrogens with zero attached hydrogens (tertiary/aromatic N) is 2. The van der Waals surface area contributed by atoms with E-state index < -0.39 is 36.0 Å². The maximum absolute atomic E-state index is 14.3. The van der Waals surface area contributed by atoms with Gasteiger partial charge >= 0.3 is 0 Å². The number of ether oxygens (including phenoxy) is 2. The van der Waals surface area contributed by atoms with Crippen LogP contribution in [-0.2, 0) is 39.9 Å². The molecule has 0 aromatic heterocycles. The molecule has 56 heavy (non-hydrogen) atoms. The molecule has 0 aliphatic carbocycles. The molecular formula is C44H74N4O8. The van der Waals surface area contributed by atoms with Crippen molar-refractivity contribution in [1.29, 1.82) is 0 Å². The summed E-state index contributed by atoms with van der Waals surface area (Å²) in [5, 5.41) is 15.2. The van der Waals surface area contributed by atoms with E-state index in [-0.39, 0.29) is 85.0 Å². The van der Waals surface area contributed by atoms with Gasteiger partial charge in [0, 0.05) is 71.6 Å². The van der Waals surface area contributed by atoms with Crippen LogP contribution in [0, 0.1) is 35.5 Å². The van der Waals surface area contributed by atoms with Crippen molar-refractivity contribution in [3.05, 3.63) is 35.9 Å². The Balaban J connectivity index is 2.28. The van der Waals surface area contributed by atoms with Crippen LogP contribution in [0.5, 0.6) is 0 Å². The van der Waals surface area contributed by atoms with Crippen LogP contribution in [0.2, 0.25) is 0 Å².